The Balaban J connectivity index is 2.12. The lowest BCUT2D eigenvalue weighted by molar-refractivity contribution is -0.118. The highest BCUT2D eigenvalue weighted by Gasteiger charge is 2.13. The van der Waals surface area contributed by atoms with Gasteiger partial charge < -0.3 is 15.4 Å². The minimum Gasteiger partial charge on any atom is -0.383 e. The molecule has 0 radical (unpaired) electrons. The summed E-state index contributed by atoms with van der Waals surface area (Å²) in [7, 11) is 1.56. The molecule has 0 heterocycles. The fourth-order valence-corrected chi connectivity index (χ4v) is 2.14. The number of carbonyl (C=O) groups is 2. The Bertz CT molecular complexity index is 768. The quantitative estimate of drug-likeness (QED) is 0.437. The molecule has 0 aliphatic rings. The van der Waals surface area contributed by atoms with Crippen molar-refractivity contribution >= 4 is 17.9 Å². The molecule has 0 aromatic heterocycles. The molecule has 0 saturated heterocycles. The second-order valence-corrected chi connectivity index (χ2v) is 5.42. The normalized spacial score (nSPS) is 11.3. The number of nitrogens with one attached hydrogen (secondary N) is 2. The van der Waals surface area contributed by atoms with Crippen molar-refractivity contribution in [1.29, 1.82) is 0 Å². The first-order valence-electron chi connectivity index (χ1n) is 8.27. The molecule has 2 rings (SSSR count). The molecule has 26 heavy (non-hydrogen) atoms. The standard InChI is InChI=1S/C21H22N2O3/c1-26-16-15-22-21(25)19(14-8-11-17-9-4-2-5-10-17)23-20(24)18-12-6-3-7-13-18/h2-14H,15-16H2,1H3,(H,22,25)(H,23,24)/b11-8+,19-14+. The zero-order chi connectivity index (χ0) is 18.6. The molecule has 2 aromatic carbocycles. The van der Waals surface area contributed by atoms with Crippen molar-refractivity contribution in [3.8, 4) is 0 Å². The summed E-state index contributed by atoms with van der Waals surface area (Å²) in [6.45, 7) is 0.752. The highest BCUT2D eigenvalue weighted by Crippen LogP contribution is 2.04. The third kappa shape index (κ3) is 6.37. The molecule has 2 aromatic rings. The van der Waals surface area contributed by atoms with Gasteiger partial charge in [0.25, 0.3) is 11.8 Å². The summed E-state index contributed by atoms with van der Waals surface area (Å²) in [5, 5.41) is 5.37. The van der Waals surface area contributed by atoms with E-state index >= 15 is 0 Å². The fourth-order valence-electron chi connectivity index (χ4n) is 2.14. The highest BCUT2D eigenvalue weighted by molar-refractivity contribution is 6.03. The Morgan fingerprint density at radius 2 is 1.65 bits per heavy atom. The summed E-state index contributed by atoms with van der Waals surface area (Å²) in [6, 6.07) is 18.4. The molecule has 0 bridgehead atoms. The van der Waals surface area contributed by atoms with Crippen LogP contribution in [0, 0.1) is 0 Å². The van der Waals surface area contributed by atoms with Crippen LogP contribution in [0.15, 0.2) is 78.5 Å². The number of carbonyl (C=O) groups excluding carboxylic acids is 2. The molecular formula is C21H22N2O3. The number of methoxy groups -OCH3 is 1. The Kier molecular flexibility index (Phi) is 7.83. The molecule has 0 atom stereocenters. The van der Waals surface area contributed by atoms with E-state index in [1.807, 2.05) is 42.5 Å². The van der Waals surface area contributed by atoms with Crippen LogP contribution in [0.2, 0.25) is 0 Å². The van der Waals surface area contributed by atoms with Crippen LogP contribution >= 0.6 is 0 Å². The van der Waals surface area contributed by atoms with Gasteiger partial charge in [0.2, 0.25) is 0 Å². The zero-order valence-corrected chi connectivity index (χ0v) is 14.6. The van der Waals surface area contributed by atoms with Gasteiger partial charge in [-0.05, 0) is 23.8 Å². The van der Waals surface area contributed by atoms with Crippen molar-refractivity contribution in [2.24, 2.45) is 0 Å². The second-order valence-electron chi connectivity index (χ2n) is 5.42. The number of benzene rings is 2. The molecule has 2 amide bonds. The van der Waals surface area contributed by atoms with Gasteiger partial charge in [-0.3, -0.25) is 9.59 Å². The van der Waals surface area contributed by atoms with E-state index in [9.17, 15) is 9.59 Å². The lowest BCUT2D eigenvalue weighted by atomic mass is 10.2. The molecular weight excluding hydrogens is 328 g/mol. The largest absolute Gasteiger partial charge is 0.383 e. The van der Waals surface area contributed by atoms with Gasteiger partial charge in [0.05, 0.1) is 6.61 Å². The minimum atomic E-state index is -0.371. The van der Waals surface area contributed by atoms with E-state index in [0.717, 1.165) is 5.56 Å². The lowest BCUT2D eigenvalue weighted by Gasteiger charge is -2.10. The minimum absolute atomic E-state index is 0.169. The maximum absolute atomic E-state index is 12.3. The van der Waals surface area contributed by atoms with Crippen LogP contribution in [0.4, 0.5) is 0 Å². The van der Waals surface area contributed by atoms with E-state index in [1.165, 1.54) is 0 Å². The van der Waals surface area contributed by atoms with Crippen molar-refractivity contribution in [1.82, 2.24) is 10.6 Å². The summed E-state index contributed by atoms with van der Waals surface area (Å²) < 4.78 is 4.93. The van der Waals surface area contributed by atoms with E-state index < -0.39 is 0 Å². The first kappa shape index (κ1) is 19.1. The van der Waals surface area contributed by atoms with Crippen LogP contribution in [0.25, 0.3) is 6.08 Å². The smallest absolute Gasteiger partial charge is 0.267 e. The van der Waals surface area contributed by atoms with E-state index in [1.54, 1.807) is 43.5 Å². The second kappa shape index (κ2) is 10.6. The number of rotatable bonds is 8. The zero-order valence-electron chi connectivity index (χ0n) is 14.6. The molecule has 2 N–H and O–H groups in total. The Labute approximate surface area is 153 Å². The number of ether oxygens (including phenoxy) is 1. The summed E-state index contributed by atoms with van der Waals surface area (Å²) in [5.74, 6) is -0.712. The highest BCUT2D eigenvalue weighted by atomic mass is 16.5. The Morgan fingerprint density at radius 1 is 1.00 bits per heavy atom. The molecule has 0 spiro atoms. The molecule has 134 valence electrons. The summed E-state index contributed by atoms with van der Waals surface area (Å²) in [6.07, 6.45) is 5.17. The molecule has 0 aliphatic carbocycles. The third-order valence-electron chi connectivity index (χ3n) is 3.47. The topological polar surface area (TPSA) is 67.4 Å². The maximum Gasteiger partial charge on any atom is 0.267 e. The monoisotopic (exact) mass is 350 g/mol. The van der Waals surface area contributed by atoms with Crippen LogP contribution < -0.4 is 10.6 Å². The SMILES string of the molecule is COCCNC(=O)/C(=C\C=C\c1ccccc1)NC(=O)c1ccccc1. The van der Waals surface area contributed by atoms with Crippen LogP contribution in [0.5, 0.6) is 0 Å². The molecule has 0 aliphatic heterocycles. The van der Waals surface area contributed by atoms with Crippen LogP contribution in [0.1, 0.15) is 15.9 Å². The Morgan fingerprint density at radius 3 is 2.31 bits per heavy atom. The van der Waals surface area contributed by atoms with Gasteiger partial charge in [0, 0.05) is 19.2 Å². The predicted octanol–water partition coefficient (Wildman–Crippen LogP) is 2.78. The van der Waals surface area contributed by atoms with Gasteiger partial charge in [-0.15, -0.1) is 0 Å². The summed E-state index contributed by atoms with van der Waals surface area (Å²) in [5.41, 5.74) is 1.65. The van der Waals surface area contributed by atoms with Crippen molar-refractivity contribution in [3.05, 3.63) is 89.6 Å². The lowest BCUT2D eigenvalue weighted by Crippen LogP contribution is -2.36. The van der Waals surface area contributed by atoms with Crippen molar-refractivity contribution < 1.29 is 14.3 Å². The number of hydrogen-bond donors (Lipinski definition) is 2. The third-order valence-corrected chi connectivity index (χ3v) is 3.47. The fraction of sp³-hybridized carbons (Fsp3) is 0.143. The number of allylic oxidation sites excluding steroid dienone is 2. The van der Waals surface area contributed by atoms with Gasteiger partial charge in [-0.2, -0.15) is 0 Å². The van der Waals surface area contributed by atoms with Crippen molar-refractivity contribution in [2.75, 3.05) is 20.3 Å². The number of amides is 2. The molecule has 5 nitrogen and oxygen atoms in total. The van der Waals surface area contributed by atoms with Crippen molar-refractivity contribution in [3.63, 3.8) is 0 Å². The van der Waals surface area contributed by atoms with E-state index in [0.29, 0.717) is 18.7 Å². The van der Waals surface area contributed by atoms with Gasteiger partial charge in [-0.25, -0.2) is 0 Å². The van der Waals surface area contributed by atoms with Crippen LogP contribution in [0.3, 0.4) is 0 Å². The maximum atomic E-state index is 12.3. The van der Waals surface area contributed by atoms with E-state index in [-0.39, 0.29) is 17.5 Å². The van der Waals surface area contributed by atoms with Crippen molar-refractivity contribution in [2.45, 2.75) is 0 Å². The summed E-state index contributed by atoms with van der Waals surface area (Å²) >= 11 is 0. The molecule has 0 fully saturated rings. The molecule has 0 unspecified atom stereocenters. The van der Waals surface area contributed by atoms with Gasteiger partial charge >= 0.3 is 0 Å². The summed E-state index contributed by atoms with van der Waals surface area (Å²) in [4.78, 5) is 24.7. The molecule has 5 heteroatoms. The molecule has 0 saturated carbocycles. The first-order valence-corrected chi connectivity index (χ1v) is 8.27. The van der Waals surface area contributed by atoms with E-state index in [4.69, 9.17) is 4.74 Å². The average molecular weight is 350 g/mol. The van der Waals surface area contributed by atoms with Crippen LogP contribution in [-0.4, -0.2) is 32.1 Å². The average Bonchev–Trinajstić information content (AvgIpc) is 2.68. The number of hydrogen-bond acceptors (Lipinski definition) is 3. The predicted molar refractivity (Wildman–Crippen MR) is 102 cm³/mol. The Hall–Kier alpha value is -3.18. The van der Waals surface area contributed by atoms with Gasteiger partial charge in [0.15, 0.2) is 0 Å². The first-order chi connectivity index (χ1) is 12.7. The van der Waals surface area contributed by atoms with E-state index in [2.05, 4.69) is 10.6 Å². The van der Waals surface area contributed by atoms with Gasteiger partial charge in [0.1, 0.15) is 5.70 Å². The van der Waals surface area contributed by atoms with Crippen LogP contribution in [-0.2, 0) is 9.53 Å². The van der Waals surface area contributed by atoms with Gasteiger partial charge in [-0.1, -0.05) is 60.7 Å².